The van der Waals surface area contributed by atoms with Crippen molar-refractivity contribution < 1.29 is 28.4 Å². The van der Waals surface area contributed by atoms with Crippen molar-refractivity contribution >= 4 is 13.8 Å². The summed E-state index contributed by atoms with van der Waals surface area (Å²) in [5.41, 5.74) is 0.704. The Hall–Kier alpha value is -0.680. The summed E-state index contributed by atoms with van der Waals surface area (Å²) in [5, 5.41) is 0. The summed E-state index contributed by atoms with van der Waals surface area (Å²) in [4.78, 5) is 26.8. The first kappa shape index (κ1) is 22.3. The van der Waals surface area contributed by atoms with E-state index < -0.39 is 7.82 Å². The molecule has 0 saturated heterocycles. The molecule has 136 valence electrons. The summed E-state index contributed by atoms with van der Waals surface area (Å²) in [7, 11) is -4.24. The van der Waals surface area contributed by atoms with Crippen molar-refractivity contribution in [1.82, 2.24) is 0 Å². The van der Waals surface area contributed by atoms with E-state index >= 15 is 0 Å². The highest BCUT2D eigenvalue weighted by atomic mass is 31.2. The molecule has 1 aliphatic rings. The monoisotopic (exact) mass is 350 g/mol. The summed E-state index contributed by atoms with van der Waals surface area (Å²) < 4.78 is 19.0. The Morgan fingerprint density at radius 2 is 1.43 bits per heavy atom. The quantitative estimate of drug-likeness (QED) is 0.306. The van der Waals surface area contributed by atoms with Gasteiger partial charge in [-0.3, -0.25) is 4.52 Å². The molecular formula is C16H31O6P. The molecule has 0 aromatic carbocycles. The second-order valence-corrected chi connectivity index (χ2v) is 6.95. The Balaban J connectivity index is 0.000000664. The number of carbonyl (C=O) groups is 1. The van der Waals surface area contributed by atoms with Crippen LogP contribution in [0.1, 0.15) is 78.1 Å². The Morgan fingerprint density at radius 1 is 1.00 bits per heavy atom. The Morgan fingerprint density at radius 3 is 1.74 bits per heavy atom. The van der Waals surface area contributed by atoms with E-state index in [0.717, 1.165) is 19.3 Å². The highest BCUT2D eigenvalue weighted by Crippen LogP contribution is 2.35. The Kier molecular flexibility index (Phi) is 13.3. The van der Waals surface area contributed by atoms with E-state index in [2.05, 4.69) is 16.2 Å². The summed E-state index contributed by atoms with van der Waals surface area (Å²) in [5.74, 6) is -0.199. The Labute approximate surface area is 139 Å². The van der Waals surface area contributed by atoms with Crippen LogP contribution in [0, 0.1) is 0 Å². The number of hydrogen-bond donors (Lipinski definition) is 2. The maximum Gasteiger partial charge on any atom is 0.469 e. The van der Waals surface area contributed by atoms with Crippen molar-refractivity contribution in [2.24, 2.45) is 0 Å². The fourth-order valence-corrected chi connectivity index (χ4v) is 2.36. The zero-order chi connectivity index (χ0) is 17.6. The molecule has 2 N–H and O–H groups in total. The number of cyclic esters (lactones) is 1. The van der Waals surface area contributed by atoms with Crippen LogP contribution in [0.25, 0.3) is 0 Å². The van der Waals surface area contributed by atoms with Crippen molar-refractivity contribution in [1.29, 1.82) is 0 Å². The number of phosphoric acid groups is 1. The van der Waals surface area contributed by atoms with Gasteiger partial charge in [0.15, 0.2) is 0 Å². The number of ether oxygens (including phenoxy) is 1. The molecule has 0 saturated carbocycles. The topological polar surface area (TPSA) is 93.1 Å². The van der Waals surface area contributed by atoms with E-state index in [1.165, 1.54) is 51.2 Å². The number of esters is 1. The first-order chi connectivity index (χ1) is 10.9. The number of carbonyl (C=O) groups excluding carboxylic acids is 1. The van der Waals surface area contributed by atoms with Crippen LogP contribution < -0.4 is 0 Å². The van der Waals surface area contributed by atoms with E-state index in [9.17, 15) is 9.36 Å². The second kappa shape index (κ2) is 13.7. The molecule has 0 aromatic rings. The van der Waals surface area contributed by atoms with Gasteiger partial charge in [-0.05, 0) is 13.3 Å². The normalized spacial score (nSPS) is 13.6. The van der Waals surface area contributed by atoms with Crippen LogP contribution in [0.3, 0.4) is 0 Å². The predicted molar refractivity (Wildman–Crippen MR) is 89.7 cm³/mol. The van der Waals surface area contributed by atoms with Gasteiger partial charge < -0.3 is 14.5 Å². The summed E-state index contributed by atoms with van der Waals surface area (Å²) in [6.45, 7) is 4.10. The van der Waals surface area contributed by atoms with Crippen molar-refractivity contribution in [3.63, 3.8) is 0 Å². The smallest absolute Gasteiger partial charge is 0.430 e. The molecule has 23 heavy (non-hydrogen) atoms. The maximum absolute atomic E-state index is 10.4. The average Bonchev–Trinajstić information content (AvgIpc) is 2.50. The SMILES string of the molecule is CC1=COC1=O.CCCCCCCCCCCCOP(=O)(O)O. The molecule has 6 nitrogen and oxygen atoms in total. The summed E-state index contributed by atoms with van der Waals surface area (Å²) >= 11 is 0. The lowest BCUT2D eigenvalue weighted by Crippen LogP contribution is -2.10. The second-order valence-electron chi connectivity index (χ2n) is 5.71. The third-order valence-electron chi connectivity index (χ3n) is 3.42. The molecule has 0 aliphatic carbocycles. The van der Waals surface area contributed by atoms with E-state index in [-0.39, 0.29) is 12.6 Å². The van der Waals surface area contributed by atoms with Gasteiger partial charge in [0.2, 0.25) is 0 Å². The highest BCUT2D eigenvalue weighted by Gasteiger charge is 2.12. The van der Waals surface area contributed by atoms with Crippen LogP contribution in [0.15, 0.2) is 11.8 Å². The van der Waals surface area contributed by atoms with Crippen molar-refractivity contribution in [2.75, 3.05) is 6.61 Å². The third kappa shape index (κ3) is 16.0. The molecule has 0 unspecified atom stereocenters. The van der Waals surface area contributed by atoms with Gasteiger partial charge in [0, 0.05) is 0 Å². The van der Waals surface area contributed by atoms with Gasteiger partial charge in [-0.2, -0.15) is 0 Å². The van der Waals surface area contributed by atoms with Crippen LogP contribution >= 0.6 is 7.82 Å². The number of phosphoric ester groups is 1. The van der Waals surface area contributed by atoms with Crippen LogP contribution in [0.4, 0.5) is 0 Å². The van der Waals surface area contributed by atoms with Crippen molar-refractivity contribution in [3.8, 4) is 0 Å². The molecule has 0 bridgehead atoms. The highest BCUT2D eigenvalue weighted by molar-refractivity contribution is 7.46. The molecule has 7 heteroatoms. The van der Waals surface area contributed by atoms with Crippen molar-refractivity contribution in [2.45, 2.75) is 78.1 Å². The molecule has 1 rings (SSSR count). The number of hydrogen-bond acceptors (Lipinski definition) is 4. The van der Waals surface area contributed by atoms with E-state index in [4.69, 9.17) is 9.79 Å². The average molecular weight is 350 g/mol. The first-order valence-electron chi connectivity index (χ1n) is 8.44. The Bertz CT molecular complexity index is 388. The van der Waals surface area contributed by atoms with Crippen LogP contribution in [0.5, 0.6) is 0 Å². The van der Waals surface area contributed by atoms with E-state index in [1.54, 1.807) is 6.92 Å². The number of rotatable bonds is 12. The molecule has 1 heterocycles. The molecule has 0 atom stereocenters. The maximum atomic E-state index is 10.4. The van der Waals surface area contributed by atoms with Gasteiger partial charge in [0.1, 0.15) is 6.26 Å². The lowest BCUT2D eigenvalue weighted by atomic mass is 10.1. The lowest BCUT2D eigenvalue weighted by molar-refractivity contribution is -0.138. The molecular weight excluding hydrogens is 319 g/mol. The number of unbranched alkanes of at least 4 members (excludes halogenated alkanes) is 9. The largest absolute Gasteiger partial charge is 0.469 e. The predicted octanol–water partition coefficient (Wildman–Crippen LogP) is 4.46. The van der Waals surface area contributed by atoms with Gasteiger partial charge in [-0.25, -0.2) is 9.36 Å². The fourth-order valence-electron chi connectivity index (χ4n) is 2.00. The summed E-state index contributed by atoms with van der Waals surface area (Å²) in [6, 6.07) is 0. The van der Waals surface area contributed by atoms with E-state index in [1.807, 2.05) is 0 Å². The van der Waals surface area contributed by atoms with Gasteiger partial charge in [0.05, 0.1) is 12.2 Å². The molecule has 0 spiro atoms. The minimum atomic E-state index is -4.24. The molecule has 0 radical (unpaired) electrons. The fraction of sp³-hybridized carbons (Fsp3) is 0.812. The van der Waals surface area contributed by atoms with Crippen LogP contribution in [0.2, 0.25) is 0 Å². The first-order valence-corrected chi connectivity index (χ1v) is 9.97. The minimum absolute atomic E-state index is 0.167. The molecule has 0 fully saturated rings. The molecule has 0 aromatic heterocycles. The van der Waals surface area contributed by atoms with Gasteiger partial charge in [0.25, 0.3) is 0 Å². The van der Waals surface area contributed by atoms with Gasteiger partial charge >= 0.3 is 13.8 Å². The minimum Gasteiger partial charge on any atom is -0.430 e. The standard InChI is InChI=1S/C12H27O4P.C4H4O2/c1-2-3-4-5-6-7-8-9-10-11-12-16-17(13,14)15;1-3-2-6-4(3)5/h2-12H2,1H3,(H2,13,14,15);2H,1H3. The third-order valence-corrected chi connectivity index (χ3v) is 3.94. The summed E-state index contributed by atoms with van der Waals surface area (Å²) in [6.07, 6.45) is 13.5. The van der Waals surface area contributed by atoms with E-state index in [0.29, 0.717) is 5.57 Å². The zero-order valence-electron chi connectivity index (χ0n) is 14.3. The lowest BCUT2D eigenvalue weighted by Gasteiger charge is -2.05. The van der Waals surface area contributed by atoms with Crippen LogP contribution in [-0.4, -0.2) is 22.4 Å². The van der Waals surface area contributed by atoms with Crippen molar-refractivity contribution in [3.05, 3.63) is 11.8 Å². The molecule has 1 aliphatic heterocycles. The molecule has 0 amide bonds. The van der Waals surface area contributed by atoms with Gasteiger partial charge in [-0.15, -0.1) is 0 Å². The van der Waals surface area contributed by atoms with Gasteiger partial charge in [-0.1, -0.05) is 64.7 Å². The van der Waals surface area contributed by atoms with Crippen LogP contribution in [-0.2, 0) is 18.6 Å². The zero-order valence-corrected chi connectivity index (χ0v) is 15.2.